The number of rotatable bonds is 8. The Morgan fingerprint density at radius 1 is 0.914 bits per heavy atom. The van der Waals surface area contributed by atoms with Gasteiger partial charge in [0.2, 0.25) is 0 Å². The first kappa shape index (κ1) is 24.2. The van der Waals surface area contributed by atoms with Gasteiger partial charge in [-0.1, -0.05) is 52.3 Å². The minimum atomic E-state index is -0.594. The topological polar surface area (TPSA) is 86.8 Å². The Morgan fingerprint density at radius 3 is 2.40 bits per heavy atom. The Bertz CT molecular complexity index is 1370. The molecule has 8 heteroatoms. The molecular weight excluding hydrogens is 512 g/mol. The first-order valence-electron chi connectivity index (χ1n) is 10.8. The largest absolute Gasteiger partial charge is 0.493 e. The fourth-order valence-corrected chi connectivity index (χ4v) is 3.83. The van der Waals surface area contributed by atoms with Gasteiger partial charge in [-0.05, 0) is 42.0 Å². The van der Waals surface area contributed by atoms with Gasteiger partial charge in [0.15, 0.2) is 18.1 Å². The lowest BCUT2D eigenvalue weighted by atomic mass is 10.0. The van der Waals surface area contributed by atoms with Crippen LogP contribution in [-0.4, -0.2) is 37.7 Å². The lowest BCUT2D eigenvalue weighted by Crippen LogP contribution is -2.28. The third-order valence-electron chi connectivity index (χ3n) is 5.35. The summed E-state index contributed by atoms with van der Waals surface area (Å²) in [6.45, 7) is -0.154. The molecule has 0 aliphatic carbocycles. The molecule has 0 saturated heterocycles. The van der Waals surface area contributed by atoms with Crippen molar-refractivity contribution < 1.29 is 23.8 Å². The summed E-state index contributed by atoms with van der Waals surface area (Å²) in [6, 6.07) is 22.0. The quantitative estimate of drug-likeness (QED) is 0.314. The number of esters is 1. The molecule has 0 aliphatic heterocycles. The number of amides is 1. The van der Waals surface area contributed by atoms with Gasteiger partial charge < -0.3 is 19.5 Å². The monoisotopic (exact) mass is 534 g/mol. The fourth-order valence-electron chi connectivity index (χ4n) is 3.56. The SMILES string of the molecule is COc1ccc(CNC(=O)COC(=O)c2cc(-c3ccc(Br)cc3)nc3ccccc23)cc1OC. The van der Waals surface area contributed by atoms with E-state index in [0.717, 1.165) is 15.6 Å². The van der Waals surface area contributed by atoms with Crippen LogP contribution in [0.4, 0.5) is 0 Å². The second kappa shape index (κ2) is 11.0. The molecular formula is C27H23BrN2O5. The van der Waals surface area contributed by atoms with Crippen LogP contribution in [0.1, 0.15) is 15.9 Å². The molecule has 0 fully saturated rings. The van der Waals surface area contributed by atoms with Crippen molar-refractivity contribution in [1.29, 1.82) is 0 Å². The zero-order valence-corrected chi connectivity index (χ0v) is 20.8. The van der Waals surface area contributed by atoms with E-state index in [9.17, 15) is 9.59 Å². The number of carbonyl (C=O) groups is 2. The Labute approximate surface area is 211 Å². The molecule has 0 bridgehead atoms. The van der Waals surface area contributed by atoms with Crippen LogP contribution in [0.15, 0.2) is 77.3 Å². The number of benzene rings is 3. The average molecular weight is 535 g/mol. The number of pyridine rings is 1. The maximum atomic E-state index is 13.0. The highest BCUT2D eigenvalue weighted by Crippen LogP contribution is 2.28. The molecule has 0 saturated carbocycles. The predicted octanol–water partition coefficient (Wildman–Crippen LogP) is 5.15. The number of hydrogen-bond acceptors (Lipinski definition) is 6. The molecule has 0 radical (unpaired) electrons. The number of ether oxygens (including phenoxy) is 3. The average Bonchev–Trinajstić information content (AvgIpc) is 2.90. The highest BCUT2D eigenvalue weighted by molar-refractivity contribution is 9.10. The van der Waals surface area contributed by atoms with Crippen molar-refractivity contribution in [2.24, 2.45) is 0 Å². The number of nitrogens with zero attached hydrogens (tertiary/aromatic N) is 1. The minimum Gasteiger partial charge on any atom is -0.493 e. The van der Waals surface area contributed by atoms with Crippen LogP contribution in [0.2, 0.25) is 0 Å². The summed E-state index contributed by atoms with van der Waals surface area (Å²) in [5, 5.41) is 3.40. The van der Waals surface area contributed by atoms with Gasteiger partial charge >= 0.3 is 5.97 Å². The van der Waals surface area contributed by atoms with E-state index in [0.29, 0.717) is 33.7 Å². The van der Waals surface area contributed by atoms with Crippen molar-refractivity contribution in [1.82, 2.24) is 10.3 Å². The van der Waals surface area contributed by atoms with Crippen LogP contribution in [0, 0.1) is 0 Å². The van der Waals surface area contributed by atoms with Gasteiger partial charge in [0.1, 0.15) is 0 Å². The van der Waals surface area contributed by atoms with Gasteiger partial charge in [0.05, 0.1) is 31.0 Å². The molecule has 35 heavy (non-hydrogen) atoms. The van der Waals surface area contributed by atoms with E-state index in [1.165, 1.54) is 0 Å². The highest BCUT2D eigenvalue weighted by atomic mass is 79.9. The summed E-state index contributed by atoms with van der Waals surface area (Å²) >= 11 is 3.43. The molecule has 1 N–H and O–H groups in total. The number of halogens is 1. The van der Waals surface area contributed by atoms with Gasteiger partial charge in [-0.25, -0.2) is 9.78 Å². The van der Waals surface area contributed by atoms with Crippen molar-refractivity contribution in [2.75, 3.05) is 20.8 Å². The highest BCUT2D eigenvalue weighted by Gasteiger charge is 2.17. The van der Waals surface area contributed by atoms with Crippen molar-refractivity contribution in [2.45, 2.75) is 6.54 Å². The van der Waals surface area contributed by atoms with Gasteiger partial charge in [-0.3, -0.25) is 4.79 Å². The van der Waals surface area contributed by atoms with Gasteiger partial charge in [0, 0.05) is 22.0 Å². The number of para-hydroxylation sites is 1. The zero-order chi connectivity index (χ0) is 24.8. The summed E-state index contributed by atoms with van der Waals surface area (Å²) in [6.07, 6.45) is 0. The third kappa shape index (κ3) is 5.78. The van der Waals surface area contributed by atoms with Crippen molar-refractivity contribution in [3.05, 3.63) is 88.4 Å². The number of nitrogens with one attached hydrogen (secondary N) is 1. The van der Waals surface area contributed by atoms with Crippen LogP contribution in [0.25, 0.3) is 22.2 Å². The summed E-state index contributed by atoms with van der Waals surface area (Å²) in [4.78, 5) is 30.0. The Morgan fingerprint density at radius 2 is 1.66 bits per heavy atom. The number of hydrogen-bond donors (Lipinski definition) is 1. The maximum Gasteiger partial charge on any atom is 0.339 e. The van der Waals surface area contributed by atoms with E-state index in [1.54, 1.807) is 38.5 Å². The molecule has 0 unspecified atom stereocenters. The molecule has 1 heterocycles. The fraction of sp³-hybridized carbons (Fsp3) is 0.148. The van der Waals surface area contributed by atoms with Crippen LogP contribution in [0.5, 0.6) is 11.5 Å². The second-order valence-electron chi connectivity index (χ2n) is 7.62. The molecule has 1 aromatic heterocycles. The van der Waals surface area contributed by atoms with Crippen LogP contribution in [-0.2, 0) is 16.1 Å². The number of methoxy groups -OCH3 is 2. The standard InChI is InChI=1S/C27H23BrN2O5/c1-33-24-12-7-17(13-25(24)34-2)15-29-26(31)16-35-27(32)21-14-23(18-8-10-19(28)11-9-18)30-22-6-4-3-5-20(21)22/h3-14H,15-16H2,1-2H3,(H,29,31). The van der Waals surface area contributed by atoms with E-state index in [4.69, 9.17) is 14.2 Å². The van der Waals surface area contributed by atoms with Crippen LogP contribution in [0.3, 0.4) is 0 Å². The summed E-state index contributed by atoms with van der Waals surface area (Å²) in [5.41, 5.74) is 3.34. The molecule has 178 valence electrons. The van der Waals surface area contributed by atoms with Crippen LogP contribution >= 0.6 is 15.9 Å². The van der Waals surface area contributed by atoms with Crippen molar-refractivity contribution in [3.63, 3.8) is 0 Å². The molecule has 0 spiro atoms. The van der Waals surface area contributed by atoms with E-state index < -0.39 is 18.5 Å². The first-order valence-corrected chi connectivity index (χ1v) is 11.6. The molecule has 0 atom stereocenters. The lowest BCUT2D eigenvalue weighted by Gasteiger charge is -2.12. The lowest BCUT2D eigenvalue weighted by molar-refractivity contribution is -0.124. The Hall–Kier alpha value is -3.91. The molecule has 0 aliphatic rings. The number of carbonyl (C=O) groups excluding carboxylic acids is 2. The zero-order valence-electron chi connectivity index (χ0n) is 19.2. The summed E-state index contributed by atoms with van der Waals surface area (Å²) < 4.78 is 16.8. The predicted molar refractivity (Wildman–Crippen MR) is 137 cm³/mol. The summed E-state index contributed by atoms with van der Waals surface area (Å²) in [5.74, 6) is 0.156. The van der Waals surface area contributed by atoms with Crippen molar-refractivity contribution >= 4 is 38.7 Å². The molecule has 4 aromatic rings. The third-order valence-corrected chi connectivity index (χ3v) is 5.88. The number of fused-ring (bicyclic) bond motifs is 1. The smallest absolute Gasteiger partial charge is 0.339 e. The Kier molecular flexibility index (Phi) is 7.62. The van der Waals surface area contributed by atoms with E-state index in [-0.39, 0.29) is 6.54 Å². The Balaban J connectivity index is 1.45. The van der Waals surface area contributed by atoms with Gasteiger partial charge in [0.25, 0.3) is 5.91 Å². The number of aromatic nitrogens is 1. The van der Waals surface area contributed by atoms with Crippen molar-refractivity contribution in [3.8, 4) is 22.8 Å². The second-order valence-corrected chi connectivity index (χ2v) is 8.54. The van der Waals surface area contributed by atoms with Crippen LogP contribution < -0.4 is 14.8 Å². The van der Waals surface area contributed by atoms with E-state index >= 15 is 0 Å². The molecule has 1 amide bonds. The first-order chi connectivity index (χ1) is 17.0. The molecule has 7 nitrogen and oxygen atoms in total. The van der Waals surface area contributed by atoms with E-state index in [1.807, 2.05) is 48.5 Å². The minimum absolute atomic E-state index is 0.253. The van der Waals surface area contributed by atoms with Gasteiger partial charge in [-0.2, -0.15) is 0 Å². The molecule has 3 aromatic carbocycles. The summed E-state index contributed by atoms with van der Waals surface area (Å²) in [7, 11) is 3.10. The van der Waals surface area contributed by atoms with E-state index in [2.05, 4.69) is 26.2 Å². The normalized spacial score (nSPS) is 10.6. The van der Waals surface area contributed by atoms with Gasteiger partial charge in [-0.15, -0.1) is 0 Å². The maximum absolute atomic E-state index is 13.0. The molecule has 4 rings (SSSR count).